The van der Waals surface area contributed by atoms with Crippen LogP contribution < -0.4 is 5.32 Å². The van der Waals surface area contributed by atoms with Crippen molar-refractivity contribution in [1.29, 1.82) is 0 Å². The molecule has 5 heteroatoms. The van der Waals surface area contributed by atoms with Gasteiger partial charge in [0.25, 0.3) is 0 Å². The number of nitrogens with one attached hydrogen (secondary N) is 1. The number of carboxylic acid groups (broad SMARTS) is 1. The van der Waals surface area contributed by atoms with Crippen LogP contribution in [0.4, 0.5) is 4.79 Å². The second-order valence-corrected chi connectivity index (χ2v) is 5.38. The van der Waals surface area contributed by atoms with Gasteiger partial charge >= 0.3 is 12.0 Å². The van der Waals surface area contributed by atoms with Crippen LogP contribution in [0.3, 0.4) is 0 Å². The van der Waals surface area contributed by atoms with Gasteiger partial charge in [0.1, 0.15) is 6.04 Å². The summed E-state index contributed by atoms with van der Waals surface area (Å²) >= 11 is 0. The van der Waals surface area contributed by atoms with Crippen molar-refractivity contribution in [3.8, 4) is 0 Å². The molecule has 1 aliphatic heterocycles. The van der Waals surface area contributed by atoms with Crippen molar-refractivity contribution in [3.05, 3.63) is 0 Å². The van der Waals surface area contributed by atoms with Crippen molar-refractivity contribution < 1.29 is 14.7 Å². The standard InChI is InChI=1S/C13H22N2O3/c16-12(17)11-7-4-8-15(11)13(18)14-9-10-5-2-1-3-6-10/h10-11H,1-9H2,(H,14,18)(H,16,17). The summed E-state index contributed by atoms with van der Waals surface area (Å²) < 4.78 is 0. The van der Waals surface area contributed by atoms with Gasteiger partial charge in [0.2, 0.25) is 0 Å². The third-order valence-corrected chi connectivity index (χ3v) is 4.07. The lowest BCUT2D eigenvalue weighted by molar-refractivity contribution is -0.141. The molecule has 0 spiro atoms. The van der Waals surface area contributed by atoms with Gasteiger partial charge in [0, 0.05) is 13.1 Å². The van der Waals surface area contributed by atoms with Crippen LogP contribution in [0.2, 0.25) is 0 Å². The van der Waals surface area contributed by atoms with Gasteiger partial charge < -0.3 is 15.3 Å². The Kier molecular flexibility index (Phi) is 4.44. The van der Waals surface area contributed by atoms with E-state index in [1.54, 1.807) is 0 Å². The molecule has 102 valence electrons. The summed E-state index contributed by atoms with van der Waals surface area (Å²) in [6.45, 7) is 1.26. The van der Waals surface area contributed by atoms with Crippen molar-refractivity contribution in [1.82, 2.24) is 10.2 Å². The Balaban J connectivity index is 1.78. The van der Waals surface area contributed by atoms with Crippen molar-refractivity contribution in [2.24, 2.45) is 5.92 Å². The van der Waals surface area contributed by atoms with Crippen molar-refractivity contribution in [3.63, 3.8) is 0 Å². The number of rotatable bonds is 3. The van der Waals surface area contributed by atoms with Crippen LogP contribution in [0.25, 0.3) is 0 Å². The van der Waals surface area contributed by atoms with Crippen LogP contribution in [-0.2, 0) is 4.79 Å². The van der Waals surface area contributed by atoms with Gasteiger partial charge in [0.05, 0.1) is 0 Å². The van der Waals surface area contributed by atoms with Crippen LogP contribution in [0, 0.1) is 5.92 Å². The minimum atomic E-state index is -0.889. The Morgan fingerprint density at radius 3 is 2.50 bits per heavy atom. The topological polar surface area (TPSA) is 69.6 Å². The monoisotopic (exact) mass is 254 g/mol. The van der Waals surface area contributed by atoms with E-state index < -0.39 is 12.0 Å². The highest BCUT2D eigenvalue weighted by Gasteiger charge is 2.34. The first kappa shape index (κ1) is 13.2. The highest BCUT2D eigenvalue weighted by atomic mass is 16.4. The summed E-state index contributed by atoms with van der Waals surface area (Å²) in [7, 11) is 0. The lowest BCUT2D eigenvalue weighted by Crippen LogP contribution is -2.47. The molecule has 1 atom stereocenters. The molecule has 18 heavy (non-hydrogen) atoms. The minimum absolute atomic E-state index is 0.203. The Morgan fingerprint density at radius 2 is 1.83 bits per heavy atom. The van der Waals surface area contributed by atoms with Gasteiger partial charge in [-0.3, -0.25) is 0 Å². The molecular weight excluding hydrogens is 232 g/mol. The van der Waals surface area contributed by atoms with Gasteiger partial charge in [-0.1, -0.05) is 19.3 Å². The van der Waals surface area contributed by atoms with Gasteiger partial charge in [-0.05, 0) is 31.6 Å². The average molecular weight is 254 g/mol. The maximum absolute atomic E-state index is 12.0. The number of aliphatic carboxylic acids is 1. The molecule has 1 saturated carbocycles. The largest absolute Gasteiger partial charge is 0.480 e. The normalized spacial score (nSPS) is 25.1. The molecule has 2 amide bonds. The molecule has 1 aliphatic carbocycles. The first-order chi connectivity index (χ1) is 8.68. The maximum atomic E-state index is 12.0. The highest BCUT2D eigenvalue weighted by Crippen LogP contribution is 2.23. The first-order valence-electron chi connectivity index (χ1n) is 6.96. The van der Waals surface area contributed by atoms with Crippen molar-refractivity contribution in [2.75, 3.05) is 13.1 Å². The third-order valence-electron chi connectivity index (χ3n) is 4.07. The number of carboxylic acids is 1. The zero-order valence-corrected chi connectivity index (χ0v) is 10.7. The molecule has 5 nitrogen and oxygen atoms in total. The fourth-order valence-electron chi connectivity index (χ4n) is 2.99. The molecule has 0 aromatic heterocycles. The van der Waals surface area contributed by atoms with E-state index in [1.807, 2.05) is 0 Å². The second-order valence-electron chi connectivity index (χ2n) is 5.38. The quantitative estimate of drug-likeness (QED) is 0.807. The number of likely N-dealkylation sites (tertiary alicyclic amines) is 1. The smallest absolute Gasteiger partial charge is 0.326 e. The highest BCUT2D eigenvalue weighted by molar-refractivity contribution is 5.83. The molecule has 2 aliphatic rings. The number of carbonyl (C=O) groups excluding carboxylic acids is 1. The van der Waals surface area contributed by atoms with Gasteiger partial charge in [-0.2, -0.15) is 0 Å². The summed E-state index contributed by atoms with van der Waals surface area (Å²) in [5.41, 5.74) is 0. The van der Waals surface area contributed by atoms with Gasteiger partial charge in [-0.15, -0.1) is 0 Å². The van der Waals surface area contributed by atoms with E-state index in [2.05, 4.69) is 5.32 Å². The number of nitrogens with zero attached hydrogens (tertiary/aromatic N) is 1. The zero-order valence-electron chi connectivity index (χ0n) is 10.7. The van der Waals surface area contributed by atoms with E-state index >= 15 is 0 Å². The van der Waals surface area contributed by atoms with Crippen LogP contribution in [-0.4, -0.2) is 41.1 Å². The molecule has 1 unspecified atom stereocenters. The Bertz CT molecular complexity index is 313. The van der Waals surface area contributed by atoms with Crippen LogP contribution >= 0.6 is 0 Å². The maximum Gasteiger partial charge on any atom is 0.326 e. The SMILES string of the molecule is O=C(O)C1CCCN1C(=O)NCC1CCCCC1. The molecule has 2 N–H and O–H groups in total. The van der Waals surface area contributed by atoms with E-state index in [1.165, 1.54) is 37.0 Å². The predicted octanol–water partition coefficient (Wildman–Crippen LogP) is 1.83. The van der Waals surface area contributed by atoms with E-state index in [9.17, 15) is 9.59 Å². The van der Waals surface area contributed by atoms with Crippen LogP contribution in [0.5, 0.6) is 0 Å². The van der Waals surface area contributed by atoms with Crippen LogP contribution in [0.15, 0.2) is 0 Å². The minimum Gasteiger partial charge on any atom is -0.480 e. The fourth-order valence-corrected chi connectivity index (χ4v) is 2.99. The Labute approximate surface area is 108 Å². The molecule has 0 aromatic rings. The lowest BCUT2D eigenvalue weighted by atomic mass is 9.89. The molecule has 1 heterocycles. The fraction of sp³-hybridized carbons (Fsp3) is 0.846. The lowest BCUT2D eigenvalue weighted by Gasteiger charge is -2.25. The second kappa shape index (κ2) is 6.07. The van der Waals surface area contributed by atoms with Gasteiger partial charge in [0.15, 0.2) is 0 Å². The van der Waals surface area contributed by atoms with E-state index in [0.717, 1.165) is 6.42 Å². The molecule has 2 fully saturated rings. The van der Waals surface area contributed by atoms with Crippen molar-refractivity contribution >= 4 is 12.0 Å². The molecule has 0 radical (unpaired) electrons. The molecule has 2 rings (SSSR count). The number of hydrogen-bond donors (Lipinski definition) is 2. The summed E-state index contributed by atoms with van der Waals surface area (Å²) in [5.74, 6) is -0.311. The Morgan fingerprint density at radius 1 is 1.11 bits per heavy atom. The third kappa shape index (κ3) is 3.15. The molecule has 1 saturated heterocycles. The number of hydrogen-bond acceptors (Lipinski definition) is 2. The molecule has 0 aromatic carbocycles. The number of carbonyl (C=O) groups is 2. The zero-order chi connectivity index (χ0) is 13.0. The summed E-state index contributed by atoms with van der Waals surface area (Å²) in [6.07, 6.45) is 7.53. The Hall–Kier alpha value is -1.26. The van der Waals surface area contributed by atoms with Crippen molar-refractivity contribution in [2.45, 2.75) is 51.0 Å². The summed E-state index contributed by atoms with van der Waals surface area (Å²) in [4.78, 5) is 24.4. The molecular formula is C13H22N2O3. The van der Waals surface area contributed by atoms with E-state index in [-0.39, 0.29) is 6.03 Å². The first-order valence-corrected chi connectivity index (χ1v) is 6.96. The number of urea groups is 1. The molecule has 0 bridgehead atoms. The average Bonchev–Trinajstić information content (AvgIpc) is 2.86. The predicted molar refractivity (Wildman–Crippen MR) is 67.3 cm³/mol. The number of amides is 2. The van der Waals surface area contributed by atoms with Crippen LogP contribution in [0.1, 0.15) is 44.9 Å². The van der Waals surface area contributed by atoms with E-state index in [4.69, 9.17) is 5.11 Å². The van der Waals surface area contributed by atoms with E-state index in [0.29, 0.717) is 25.4 Å². The summed E-state index contributed by atoms with van der Waals surface area (Å²) in [5, 5.41) is 11.9. The summed E-state index contributed by atoms with van der Waals surface area (Å²) in [6, 6.07) is -0.832. The van der Waals surface area contributed by atoms with Gasteiger partial charge in [-0.25, -0.2) is 9.59 Å².